The van der Waals surface area contributed by atoms with Gasteiger partial charge in [-0.25, -0.2) is 9.97 Å². The Labute approximate surface area is 226 Å². The van der Waals surface area contributed by atoms with Gasteiger partial charge in [-0.05, 0) is 80.1 Å². The van der Waals surface area contributed by atoms with Gasteiger partial charge in [-0.3, -0.25) is 4.79 Å². The van der Waals surface area contributed by atoms with Crippen LogP contribution in [-0.4, -0.2) is 47.5 Å². The number of carbonyl (C=O) groups is 1. The molecule has 0 spiro atoms. The summed E-state index contributed by atoms with van der Waals surface area (Å²) in [7, 11) is 1.56. The molecule has 1 amide bonds. The summed E-state index contributed by atoms with van der Waals surface area (Å²) in [6.45, 7) is 5.33. The van der Waals surface area contributed by atoms with Crippen LogP contribution in [0.15, 0.2) is 48.7 Å². The first-order chi connectivity index (χ1) is 18.7. The molecule has 0 bridgehead atoms. The zero-order chi connectivity index (χ0) is 28.0. The molecule has 1 aliphatic rings. The van der Waals surface area contributed by atoms with E-state index in [0.717, 1.165) is 44.2 Å². The molecule has 7 nitrogen and oxygen atoms in total. The number of rotatable bonds is 10. The lowest BCUT2D eigenvalue weighted by Crippen LogP contribution is -2.32. The van der Waals surface area contributed by atoms with Gasteiger partial charge in [0.05, 0.1) is 30.5 Å². The number of primary amides is 1. The lowest BCUT2D eigenvalue weighted by molar-refractivity contribution is -0.138. The van der Waals surface area contributed by atoms with E-state index in [1.165, 1.54) is 5.56 Å². The number of ether oxygens (including phenoxy) is 1. The Morgan fingerprint density at radius 2 is 1.85 bits per heavy atom. The number of anilines is 2. The first kappa shape index (κ1) is 28.4. The molecule has 0 radical (unpaired) electrons. The Kier molecular flexibility index (Phi) is 9.06. The molecule has 2 heterocycles. The summed E-state index contributed by atoms with van der Waals surface area (Å²) in [5.41, 5.74) is 7.50. The molecule has 0 unspecified atom stereocenters. The van der Waals surface area contributed by atoms with E-state index < -0.39 is 17.6 Å². The van der Waals surface area contributed by atoms with Crippen LogP contribution in [0.25, 0.3) is 0 Å². The SMILES string of the molecule is CCN1CCC(c2ccc(Nc3ncc(C(F)(F)F)c(CCc4ccccc4CC(N)=O)n3)c(OC)c2)CC1. The van der Waals surface area contributed by atoms with Crippen molar-refractivity contribution in [2.75, 3.05) is 32.1 Å². The summed E-state index contributed by atoms with van der Waals surface area (Å²) in [6.07, 6.45) is -1.37. The number of alkyl halides is 3. The van der Waals surface area contributed by atoms with Gasteiger partial charge in [0.25, 0.3) is 0 Å². The molecule has 1 aromatic heterocycles. The van der Waals surface area contributed by atoms with E-state index in [1.54, 1.807) is 31.4 Å². The normalized spacial score (nSPS) is 14.8. The molecule has 0 saturated carbocycles. The molecule has 2 aromatic carbocycles. The molecule has 10 heteroatoms. The molecule has 3 aromatic rings. The van der Waals surface area contributed by atoms with Crippen molar-refractivity contribution >= 4 is 17.5 Å². The number of methoxy groups -OCH3 is 1. The van der Waals surface area contributed by atoms with Gasteiger partial charge in [-0.2, -0.15) is 13.2 Å². The Morgan fingerprint density at radius 3 is 2.49 bits per heavy atom. The summed E-state index contributed by atoms with van der Waals surface area (Å²) in [5, 5.41) is 3.04. The summed E-state index contributed by atoms with van der Waals surface area (Å²) in [4.78, 5) is 22.1. The smallest absolute Gasteiger partial charge is 0.419 e. The first-order valence-corrected chi connectivity index (χ1v) is 13.1. The highest BCUT2D eigenvalue weighted by Crippen LogP contribution is 2.36. The summed E-state index contributed by atoms with van der Waals surface area (Å²) in [5.74, 6) is 0.557. The van der Waals surface area contributed by atoms with Crippen molar-refractivity contribution in [1.29, 1.82) is 0 Å². The van der Waals surface area contributed by atoms with Gasteiger partial charge in [0.2, 0.25) is 11.9 Å². The molecular weight excluding hydrogens is 507 g/mol. The van der Waals surface area contributed by atoms with E-state index >= 15 is 0 Å². The Balaban J connectivity index is 1.55. The summed E-state index contributed by atoms with van der Waals surface area (Å²) in [6, 6.07) is 12.9. The van der Waals surface area contributed by atoms with Crippen molar-refractivity contribution < 1.29 is 22.7 Å². The fourth-order valence-electron chi connectivity index (χ4n) is 5.09. The van der Waals surface area contributed by atoms with Gasteiger partial charge >= 0.3 is 6.18 Å². The number of hydrogen-bond donors (Lipinski definition) is 2. The van der Waals surface area contributed by atoms with Crippen LogP contribution in [0.5, 0.6) is 5.75 Å². The second kappa shape index (κ2) is 12.5. The van der Waals surface area contributed by atoms with E-state index in [1.807, 2.05) is 18.2 Å². The monoisotopic (exact) mass is 541 g/mol. The molecule has 0 atom stereocenters. The summed E-state index contributed by atoms with van der Waals surface area (Å²) < 4.78 is 47.0. The van der Waals surface area contributed by atoms with Gasteiger partial charge in [0.1, 0.15) is 5.75 Å². The number of nitrogens with two attached hydrogens (primary N) is 1. The average Bonchev–Trinajstić information content (AvgIpc) is 2.92. The van der Waals surface area contributed by atoms with Gasteiger partial charge in [0, 0.05) is 6.20 Å². The highest BCUT2D eigenvalue weighted by molar-refractivity contribution is 5.77. The quantitative estimate of drug-likeness (QED) is 0.364. The van der Waals surface area contributed by atoms with Crippen molar-refractivity contribution in [1.82, 2.24) is 14.9 Å². The van der Waals surface area contributed by atoms with Gasteiger partial charge in [0.15, 0.2) is 0 Å². The van der Waals surface area contributed by atoms with Gasteiger partial charge in [-0.1, -0.05) is 37.3 Å². The van der Waals surface area contributed by atoms with Crippen molar-refractivity contribution in [3.63, 3.8) is 0 Å². The van der Waals surface area contributed by atoms with Gasteiger partial charge in [-0.15, -0.1) is 0 Å². The van der Waals surface area contributed by atoms with E-state index in [4.69, 9.17) is 10.5 Å². The minimum Gasteiger partial charge on any atom is -0.495 e. The molecule has 1 aliphatic heterocycles. The lowest BCUT2D eigenvalue weighted by atomic mass is 9.89. The van der Waals surface area contributed by atoms with Crippen LogP contribution in [0.1, 0.15) is 53.6 Å². The van der Waals surface area contributed by atoms with Crippen molar-refractivity contribution in [3.8, 4) is 5.75 Å². The van der Waals surface area contributed by atoms with Gasteiger partial charge < -0.3 is 20.7 Å². The minimum absolute atomic E-state index is 0.00828. The predicted molar refractivity (Wildman–Crippen MR) is 144 cm³/mol. The Morgan fingerprint density at radius 1 is 1.13 bits per heavy atom. The van der Waals surface area contributed by atoms with Crippen LogP contribution in [0.2, 0.25) is 0 Å². The Bertz CT molecular complexity index is 1290. The molecule has 1 fully saturated rings. The molecule has 39 heavy (non-hydrogen) atoms. The molecule has 0 aliphatic carbocycles. The molecule has 208 valence electrons. The summed E-state index contributed by atoms with van der Waals surface area (Å²) >= 11 is 0. The molecule has 1 saturated heterocycles. The van der Waals surface area contributed by atoms with Crippen molar-refractivity contribution in [3.05, 3.63) is 76.6 Å². The van der Waals surface area contributed by atoms with E-state index in [2.05, 4.69) is 27.1 Å². The third-order valence-electron chi connectivity index (χ3n) is 7.27. The van der Waals surface area contributed by atoms with Crippen molar-refractivity contribution in [2.45, 2.75) is 51.1 Å². The van der Waals surface area contributed by atoms with Crippen LogP contribution < -0.4 is 15.8 Å². The number of aryl methyl sites for hydroxylation is 2. The molecular formula is C29H34F3N5O2. The highest BCUT2D eigenvalue weighted by Gasteiger charge is 2.35. The maximum absolute atomic E-state index is 13.8. The van der Waals surface area contributed by atoms with E-state index in [-0.39, 0.29) is 30.9 Å². The topological polar surface area (TPSA) is 93.4 Å². The second-order valence-electron chi connectivity index (χ2n) is 9.76. The maximum Gasteiger partial charge on any atom is 0.419 e. The van der Waals surface area contributed by atoms with Crippen LogP contribution in [0.4, 0.5) is 24.8 Å². The van der Waals surface area contributed by atoms with E-state index in [9.17, 15) is 18.0 Å². The molecule has 4 rings (SSSR count). The predicted octanol–water partition coefficient (Wildman–Crippen LogP) is 5.26. The number of nitrogens with zero attached hydrogens (tertiary/aromatic N) is 3. The maximum atomic E-state index is 13.8. The van der Waals surface area contributed by atoms with Crippen LogP contribution >= 0.6 is 0 Å². The zero-order valence-corrected chi connectivity index (χ0v) is 22.2. The van der Waals surface area contributed by atoms with E-state index in [0.29, 0.717) is 22.9 Å². The third-order valence-corrected chi connectivity index (χ3v) is 7.27. The number of piperidine rings is 1. The number of likely N-dealkylation sites (tertiary alicyclic amines) is 1. The fourth-order valence-corrected chi connectivity index (χ4v) is 5.09. The lowest BCUT2D eigenvalue weighted by Gasteiger charge is -2.31. The second-order valence-corrected chi connectivity index (χ2v) is 9.76. The van der Waals surface area contributed by atoms with Crippen molar-refractivity contribution in [2.24, 2.45) is 5.73 Å². The number of nitrogens with one attached hydrogen (secondary N) is 1. The molecule has 3 N–H and O–H groups in total. The highest BCUT2D eigenvalue weighted by atomic mass is 19.4. The van der Waals surface area contributed by atoms with Crippen LogP contribution in [-0.2, 0) is 30.2 Å². The number of halogens is 3. The largest absolute Gasteiger partial charge is 0.495 e. The number of amides is 1. The average molecular weight is 542 g/mol. The minimum atomic E-state index is -4.60. The van der Waals surface area contributed by atoms with Crippen LogP contribution in [0.3, 0.4) is 0 Å². The standard InChI is InChI=1S/C29H34F3N5O2/c1-3-37-14-12-20(13-15-37)22-9-11-25(26(16-22)39-2)36-28-34-18-23(29(30,31)32)24(35-28)10-8-19-6-4-5-7-21(19)17-27(33)38/h4-7,9,11,16,18,20H,3,8,10,12-15,17H2,1-2H3,(H2,33,38)(H,34,35,36). The van der Waals surface area contributed by atoms with Crippen LogP contribution in [0, 0.1) is 0 Å². The third kappa shape index (κ3) is 7.26. The Hall–Kier alpha value is -3.66. The zero-order valence-electron chi connectivity index (χ0n) is 22.2. The number of hydrogen-bond acceptors (Lipinski definition) is 6. The number of benzene rings is 2. The number of carbonyl (C=O) groups excluding carboxylic acids is 1. The number of aromatic nitrogens is 2. The first-order valence-electron chi connectivity index (χ1n) is 13.1. The fraction of sp³-hybridized carbons (Fsp3) is 0.414.